The second-order valence-corrected chi connectivity index (χ2v) is 7.92. The van der Waals surface area contributed by atoms with Crippen molar-refractivity contribution in [3.05, 3.63) is 59.8 Å². The van der Waals surface area contributed by atoms with Crippen LogP contribution in [0.5, 0.6) is 0 Å². The van der Waals surface area contributed by atoms with Crippen molar-refractivity contribution < 1.29 is 15.1 Å². The van der Waals surface area contributed by atoms with E-state index in [1.54, 1.807) is 0 Å². The Morgan fingerprint density at radius 3 is 2.36 bits per heavy atom. The zero-order valence-corrected chi connectivity index (χ0v) is 17.4. The number of aryl methyl sites for hydroxylation is 1. The molecule has 0 unspecified atom stereocenters. The highest BCUT2D eigenvalue weighted by molar-refractivity contribution is 5.77. The van der Waals surface area contributed by atoms with Crippen LogP contribution in [-0.4, -0.2) is 43.5 Å². The van der Waals surface area contributed by atoms with Crippen LogP contribution in [0, 0.1) is 5.92 Å². The fraction of sp³-hybridized carbons (Fsp3) is 0.478. The average molecular weight is 383 g/mol. The topological polar surface area (TPSA) is 54.3 Å². The number of anilines is 1. The first-order valence-electron chi connectivity index (χ1n) is 10.5. The Bertz CT molecular complexity index is 737. The monoisotopic (exact) mass is 382 g/mol. The van der Waals surface area contributed by atoms with Gasteiger partial charge in [0.2, 0.25) is 0 Å². The number of piperazine rings is 1. The molecule has 1 saturated heterocycles. The van der Waals surface area contributed by atoms with Crippen LogP contribution in [0.1, 0.15) is 37.9 Å². The summed E-state index contributed by atoms with van der Waals surface area (Å²) in [6.45, 7) is 10.5. The van der Waals surface area contributed by atoms with Crippen molar-refractivity contribution in [3.8, 4) is 0 Å². The summed E-state index contributed by atoms with van der Waals surface area (Å²) in [5, 5.41) is 2.21. The maximum atomic E-state index is 12.8. The molecule has 0 saturated carbocycles. The molecule has 1 atom stereocenters. The first-order chi connectivity index (χ1) is 13.6. The van der Waals surface area contributed by atoms with Gasteiger partial charge in [-0.3, -0.25) is 9.69 Å². The van der Waals surface area contributed by atoms with Crippen molar-refractivity contribution >= 4 is 11.7 Å². The van der Waals surface area contributed by atoms with E-state index >= 15 is 0 Å². The number of nitrogens with one attached hydrogen (secondary N) is 1. The highest BCUT2D eigenvalue weighted by atomic mass is 16.2. The summed E-state index contributed by atoms with van der Waals surface area (Å²) in [7, 11) is 0. The van der Waals surface area contributed by atoms with E-state index in [0.29, 0.717) is 18.5 Å². The number of hydrogen-bond donors (Lipinski definition) is 1. The van der Waals surface area contributed by atoms with E-state index in [9.17, 15) is 4.79 Å². The standard InChI is InChI=1S/C23H32N4O/c1-4-19-8-10-20(11-9-19)23(18(2)3)25-17-22(28)27-15-13-26(14-16-27)21-7-5-6-12-24-21/h5-12,18,23,25H,4,13-17H2,1-3H3/p+2/t23-/m0/s1. The van der Waals surface area contributed by atoms with Crippen LogP contribution < -0.4 is 15.2 Å². The van der Waals surface area contributed by atoms with Crippen molar-refractivity contribution in [1.82, 2.24) is 4.90 Å². The molecule has 1 aromatic heterocycles. The van der Waals surface area contributed by atoms with Gasteiger partial charge in [0.25, 0.3) is 11.7 Å². The molecule has 1 aliphatic rings. The summed E-state index contributed by atoms with van der Waals surface area (Å²) in [4.78, 5) is 20.4. The zero-order chi connectivity index (χ0) is 19.9. The SMILES string of the molecule is CCc1ccc([C@@H]([NH2+]CC(=O)N2CCN(c3cccc[nH+]3)CC2)C(C)C)cc1. The molecule has 2 aromatic rings. The number of carbonyl (C=O) groups is 1. The summed E-state index contributed by atoms with van der Waals surface area (Å²) >= 11 is 0. The van der Waals surface area contributed by atoms with Crippen LogP contribution in [0.4, 0.5) is 5.82 Å². The third kappa shape index (κ3) is 5.10. The molecule has 3 rings (SSSR count). The Morgan fingerprint density at radius 1 is 1.07 bits per heavy atom. The van der Waals surface area contributed by atoms with Gasteiger partial charge in [-0.05, 0) is 18.1 Å². The minimum absolute atomic E-state index is 0.243. The number of amides is 1. The molecular weight excluding hydrogens is 348 g/mol. The van der Waals surface area contributed by atoms with Gasteiger partial charge in [-0.15, -0.1) is 0 Å². The number of pyridine rings is 1. The van der Waals surface area contributed by atoms with Gasteiger partial charge in [-0.2, -0.15) is 0 Å². The van der Waals surface area contributed by atoms with Gasteiger partial charge in [-0.25, -0.2) is 4.98 Å². The van der Waals surface area contributed by atoms with Gasteiger partial charge in [-0.1, -0.05) is 51.1 Å². The molecule has 28 heavy (non-hydrogen) atoms. The van der Waals surface area contributed by atoms with Gasteiger partial charge >= 0.3 is 0 Å². The third-order valence-corrected chi connectivity index (χ3v) is 5.70. The van der Waals surface area contributed by atoms with Gasteiger partial charge in [0, 0.05) is 17.5 Å². The zero-order valence-electron chi connectivity index (χ0n) is 17.4. The molecule has 5 heteroatoms. The Labute approximate surface area is 168 Å². The van der Waals surface area contributed by atoms with Crippen molar-refractivity contribution in [1.29, 1.82) is 0 Å². The molecule has 1 aromatic carbocycles. The highest BCUT2D eigenvalue weighted by Crippen LogP contribution is 2.18. The molecule has 0 aliphatic carbocycles. The summed E-state index contributed by atoms with van der Waals surface area (Å²) in [5.74, 6) is 1.84. The molecule has 0 spiro atoms. The molecule has 1 fully saturated rings. The minimum atomic E-state index is 0.243. The summed E-state index contributed by atoms with van der Waals surface area (Å²) in [5.41, 5.74) is 2.67. The van der Waals surface area contributed by atoms with Gasteiger partial charge in [0.05, 0.1) is 19.3 Å². The van der Waals surface area contributed by atoms with E-state index in [1.165, 1.54) is 11.1 Å². The van der Waals surface area contributed by atoms with Crippen molar-refractivity contribution in [2.24, 2.45) is 5.92 Å². The predicted octanol–water partition coefficient (Wildman–Crippen LogP) is 1.67. The fourth-order valence-corrected chi connectivity index (χ4v) is 3.90. The van der Waals surface area contributed by atoms with E-state index in [-0.39, 0.29) is 5.91 Å². The molecular formula is C23H34N4O+2. The average Bonchev–Trinajstić information content (AvgIpc) is 2.74. The molecule has 0 radical (unpaired) electrons. The molecule has 2 heterocycles. The largest absolute Gasteiger partial charge is 0.332 e. The molecule has 0 bridgehead atoms. The Hall–Kier alpha value is -2.40. The second kappa shape index (κ2) is 9.69. The Kier molecular flexibility index (Phi) is 7.04. The lowest BCUT2D eigenvalue weighted by atomic mass is 9.95. The van der Waals surface area contributed by atoms with Crippen molar-refractivity contribution in [3.63, 3.8) is 0 Å². The lowest BCUT2D eigenvalue weighted by molar-refractivity contribution is -0.692. The number of hydrogen-bond acceptors (Lipinski definition) is 2. The maximum absolute atomic E-state index is 12.8. The molecule has 1 amide bonds. The normalized spacial score (nSPS) is 15.7. The van der Waals surface area contributed by atoms with E-state index < -0.39 is 0 Å². The maximum Gasteiger partial charge on any atom is 0.277 e. The van der Waals surface area contributed by atoms with Gasteiger partial charge < -0.3 is 10.2 Å². The van der Waals surface area contributed by atoms with Crippen LogP contribution in [0.25, 0.3) is 0 Å². The minimum Gasteiger partial charge on any atom is -0.332 e. The number of H-pyrrole nitrogens is 1. The number of nitrogens with zero attached hydrogens (tertiary/aromatic N) is 2. The Morgan fingerprint density at radius 2 is 1.79 bits per heavy atom. The van der Waals surface area contributed by atoms with Crippen LogP contribution in [0.3, 0.4) is 0 Å². The number of aromatic nitrogens is 1. The quantitative estimate of drug-likeness (QED) is 0.792. The van der Waals surface area contributed by atoms with Crippen LogP contribution in [0.15, 0.2) is 48.7 Å². The summed E-state index contributed by atoms with van der Waals surface area (Å²) < 4.78 is 0. The third-order valence-electron chi connectivity index (χ3n) is 5.70. The number of benzene rings is 1. The number of carbonyl (C=O) groups excluding carboxylic acids is 1. The van der Waals surface area contributed by atoms with Crippen LogP contribution >= 0.6 is 0 Å². The van der Waals surface area contributed by atoms with E-state index in [1.807, 2.05) is 23.2 Å². The summed E-state index contributed by atoms with van der Waals surface area (Å²) in [6.07, 6.45) is 3.00. The van der Waals surface area contributed by atoms with E-state index in [4.69, 9.17) is 0 Å². The fourth-order valence-electron chi connectivity index (χ4n) is 3.90. The van der Waals surface area contributed by atoms with Crippen molar-refractivity contribution in [2.45, 2.75) is 33.2 Å². The van der Waals surface area contributed by atoms with Crippen LogP contribution in [-0.2, 0) is 11.2 Å². The van der Waals surface area contributed by atoms with E-state index in [2.05, 4.69) is 66.3 Å². The number of rotatable bonds is 7. The first kappa shape index (κ1) is 20.3. The predicted molar refractivity (Wildman–Crippen MR) is 112 cm³/mol. The molecule has 150 valence electrons. The number of quaternary nitrogens is 1. The van der Waals surface area contributed by atoms with E-state index in [0.717, 1.165) is 38.4 Å². The van der Waals surface area contributed by atoms with Gasteiger partial charge in [0.15, 0.2) is 6.54 Å². The lowest BCUT2D eigenvalue weighted by Gasteiger charge is -2.31. The Balaban J connectivity index is 1.52. The molecule has 5 nitrogen and oxygen atoms in total. The number of nitrogens with two attached hydrogens (primary N) is 1. The number of aromatic amines is 1. The van der Waals surface area contributed by atoms with Crippen LogP contribution in [0.2, 0.25) is 0 Å². The lowest BCUT2D eigenvalue weighted by Crippen LogP contribution is -2.88. The van der Waals surface area contributed by atoms with Crippen molar-refractivity contribution in [2.75, 3.05) is 37.6 Å². The second-order valence-electron chi connectivity index (χ2n) is 7.92. The van der Waals surface area contributed by atoms with Gasteiger partial charge in [0.1, 0.15) is 19.1 Å². The molecule has 1 aliphatic heterocycles. The smallest absolute Gasteiger partial charge is 0.277 e. The first-order valence-corrected chi connectivity index (χ1v) is 10.5. The summed E-state index contributed by atoms with van der Waals surface area (Å²) in [6, 6.07) is 15.3. The molecule has 3 N–H and O–H groups in total. The highest BCUT2D eigenvalue weighted by Gasteiger charge is 2.28.